The third kappa shape index (κ3) is 4.12. The maximum absolute atomic E-state index is 8.46. The third-order valence-corrected chi connectivity index (χ3v) is 7.65. The van der Waals surface area contributed by atoms with Crippen molar-refractivity contribution in [2.24, 2.45) is 0 Å². The summed E-state index contributed by atoms with van der Waals surface area (Å²) in [4.78, 5) is 2.04. The van der Waals surface area contributed by atoms with Gasteiger partial charge in [-0.05, 0) is 80.9 Å². The molecule has 40 heavy (non-hydrogen) atoms. The molecule has 0 heterocycles. The topological polar surface area (TPSA) is 3.24 Å². The van der Waals surface area contributed by atoms with Crippen molar-refractivity contribution in [3.05, 3.63) is 163 Å². The highest BCUT2D eigenvalue weighted by Crippen LogP contribution is 2.50. The van der Waals surface area contributed by atoms with E-state index in [2.05, 4.69) is 38.1 Å². The van der Waals surface area contributed by atoms with Crippen LogP contribution in [0, 0.1) is 0 Å². The highest BCUT2D eigenvalue weighted by molar-refractivity contribution is 5.86. The zero-order chi connectivity index (χ0) is 35.8. The van der Waals surface area contributed by atoms with Gasteiger partial charge in [0.2, 0.25) is 0 Å². The summed E-state index contributed by atoms with van der Waals surface area (Å²) in [5, 5.41) is 0. The molecule has 0 aromatic heterocycles. The van der Waals surface area contributed by atoms with Crippen LogP contribution in [-0.2, 0) is 5.41 Å². The Morgan fingerprint density at radius 3 is 1.50 bits per heavy atom. The number of rotatable bonds is 5. The van der Waals surface area contributed by atoms with Crippen molar-refractivity contribution in [3.8, 4) is 33.4 Å². The molecular weight excluding hydrogens is 482 g/mol. The molecule has 0 N–H and O–H groups in total. The van der Waals surface area contributed by atoms with Gasteiger partial charge in [-0.25, -0.2) is 0 Å². The molecular formula is C39H31N. The summed E-state index contributed by atoms with van der Waals surface area (Å²) in [6.45, 7) is 4.41. The van der Waals surface area contributed by atoms with E-state index in [1.54, 1.807) is 24.3 Å². The van der Waals surface area contributed by atoms with Crippen LogP contribution in [0.15, 0.2) is 151 Å². The molecule has 1 heteroatoms. The summed E-state index contributed by atoms with van der Waals surface area (Å²) in [5.41, 5.74) is 8.02. The molecule has 0 unspecified atom stereocenters. The van der Waals surface area contributed by atoms with Crippen LogP contribution in [0.5, 0.6) is 0 Å². The molecule has 6 aromatic rings. The van der Waals surface area contributed by atoms with E-state index in [-0.39, 0.29) is 40.7 Å². The quantitative estimate of drug-likeness (QED) is 0.217. The minimum absolute atomic E-state index is 0.120. The van der Waals surface area contributed by atoms with E-state index >= 15 is 0 Å². The van der Waals surface area contributed by atoms with E-state index in [0.29, 0.717) is 11.1 Å². The summed E-state index contributed by atoms with van der Waals surface area (Å²) in [5.74, 6) is 0. The van der Waals surface area contributed by atoms with Crippen molar-refractivity contribution in [2.75, 3.05) is 4.90 Å². The van der Waals surface area contributed by atoms with Gasteiger partial charge in [-0.15, -0.1) is 0 Å². The van der Waals surface area contributed by atoms with Gasteiger partial charge in [0.25, 0.3) is 0 Å². The Morgan fingerprint density at radius 1 is 0.475 bits per heavy atom. The Hall–Kier alpha value is -4.88. The van der Waals surface area contributed by atoms with Crippen LogP contribution in [0.4, 0.5) is 17.1 Å². The number of fused-ring (bicyclic) bond motifs is 3. The van der Waals surface area contributed by atoms with Crippen molar-refractivity contribution < 1.29 is 13.7 Å². The molecule has 1 aliphatic carbocycles. The lowest BCUT2D eigenvalue weighted by Crippen LogP contribution is -2.16. The van der Waals surface area contributed by atoms with E-state index < -0.39 is 36.3 Å². The average molecular weight is 524 g/mol. The lowest BCUT2D eigenvalue weighted by Gasteiger charge is -2.28. The Bertz CT molecular complexity index is 2180. The molecule has 1 nitrogen and oxygen atoms in total. The van der Waals surface area contributed by atoms with Gasteiger partial charge in [-0.1, -0.05) is 129 Å². The number of nitrogens with zero attached hydrogens (tertiary/aromatic N) is 1. The van der Waals surface area contributed by atoms with E-state index in [0.717, 1.165) is 28.2 Å². The molecule has 0 fully saturated rings. The zero-order valence-corrected chi connectivity index (χ0v) is 22.1. The predicted molar refractivity (Wildman–Crippen MR) is 170 cm³/mol. The Labute approximate surface area is 251 Å². The largest absolute Gasteiger partial charge is 0.310 e. The molecule has 1 aliphatic rings. The molecule has 0 saturated heterocycles. The molecule has 7 rings (SSSR count). The Balaban J connectivity index is 1.37. The van der Waals surface area contributed by atoms with E-state index in [1.807, 2.05) is 47.4 Å². The molecule has 0 saturated carbocycles. The fraction of sp³-hybridized carbons (Fsp3) is 0.0769. The van der Waals surface area contributed by atoms with Gasteiger partial charge in [-0.3, -0.25) is 0 Å². The molecule has 192 valence electrons. The van der Waals surface area contributed by atoms with Gasteiger partial charge in [0.05, 0.1) is 13.7 Å². The van der Waals surface area contributed by atoms with Crippen LogP contribution >= 0.6 is 0 Å². The monoisotopic (exact) mass is 523 g/mol. The van der Waals surface area contributed by atoms with Crippen LogP contribution in [0.2, 0.25) is 0 Å². The molecule has 0 atom stereocenters. The molecule has 0 amide bonds. The van der Waals surface area contributed by atoms with Crippen LogP contribution in [0.25, 0.3) is 33.4 Å². The number of anilines is 3. The number of hydrogen-bond donors (Lipinski definition) is 0. The highest BCUT2D eigenvalue weighted by Gasteiger charge is 2.35. The van der Waals surface area contributed by atoms with Crippen LogP contribution in [0.3, 0.4) is 0 Å². The maximum atomic E-state index is 8.46. The van der Waals surface area contributed by atoms with Gasteiger partial charge in [0.1, 0.15) is 0 Å². The van der Waals surface area contributed by atoms with E-state index in [9.17, 15) is 0 Å². The minimum atomic E-state index is -0.444. The van der Waals surface area contributed by atoms with Crippen LogP contribution < -0.4 is 4.90 Å². The first-order valence-electron chi connectivity index (χ1n) is 18.1. The van der Waals surface area contributed by atoms with Gasteiger partial charge >= 0.3 is 0 Å². The summed E-state index contributed by atoms with van der Waals surface area (Å²) < 4.78 is 82.3. The smallest absolute Gasteiger partial charge is 0.0629 e. The third-order valence-electron chi connectivity index (χ3n) is 7.65. The first-order valence-corrected chi connectivity index (χ1v) is 13.1. The summed E-state index contributed by atoms with van der Waals surface area (Å²) in [6.07, 6.45) is 0. The fourth-order valence-corrected chi connectivity index (χ4v) is 5.62. The molecule has 0 spiro atoms. The first-order chi connectivity index (χ1) is 23.7. The van der Waals surface area contributed by atoms with E-state index in [1.165, 1.54) is 11.1 Å². The second kappa shape index (κ2) is 9.70. The van der Waals surface area contributed by atoms with Crippen LogP contribution in [0.1, 0.15) is 38.7 Å². The molecule has 0 bridgehead atoms. The summed E-state index contributed by atoms with van der Waals surface area (Å²) in [7, 11) is 0. The average Bonchev–Trinajstić information content (AvgIpc) is 3.35. The van der Waals surface area contributed by atoms with Crippen molar-refractivity contribution in [1.29, 1.82) is 0 Å². The van der Waals surface area contributed by atoms with Crippen molar-refractivity contribution in [1.82, 2.24) is 0 Å². The normalized spacial score (nSPS) is 16.4. The summed E-state index contributed by atoms with van der Waals surface area (Å²) >= 11 is 0. The lowest BCUT2D eigenvalue weighted by molar-refractivity contribution is 0.660. The highest BCUT2D eigenvalue weighted by atomic mass is 15.1. The van der Waals surface area contributed by atoms with Crippen molar-refractivity contribution in [3.63, 3.8) is 0 Å². The Morgan fingerprint density at radius 2 is 0.950 bits per heavy atom. The van der Waals surface area contributed by atoms with Gasteiger partial charge in [0.15, 0.2) is 0 Å². The first kappa shape index (κ1) is 15.6. The second-order valence-electron chi connectivity index (χ2n) is 10.3. The molecule has 6 aromatic carbocycles. The number of benzene rings is 6. The second-order valence-corrected chi connectivity index (χ2v) is 10.3. The molecule has 0 radical (unpaired) electrons. The molecule has 0 aliphatic heterocycles. The lowest BCUT2D eigenvalue weighted by atomic mass is 9.82. The number of hydrogen-bond acceptors (Lipinski definition) is 1. The van der Waals surface area contributed by atoms with Crippen LogP contribution in [-0.4, -0.2) is 0 Å². The van der Waals surface area contributed by atoms with E-state index in [4.69, 9.17) is 13.7 Å². The standard InChI is InChI=1S/C39H31N/c1-39(2)37-16-10-9-15-35(37)36-26-25-34(27-38(36)39)40(32-21-17-30(18-22-32)28-11-5-3-6-12-28)33-23-19-31(20-24-33)29-13-7-4-8-14-29/h3-27H,1-2H3/i3D,4D,5D,6D,7D,8D,11D,12D,13D,14D. The SMILES string of the molecule is [2H]c1c([2H])c([2H])c(-c2ccc(N(c3ccc(-c4c([2H])c([2H])c([2H])c([2H])c4[2H])cc3)c3ccc4c(c3)C(C)(C)c3ccccc3-4)cc2)c([2H])c1[2H]. The van der Waals surface area contributed by atoms with Crippen molar-refractivity contribution in [2.45, 2.75) is 19.3 Å². The van der Waals surface area contributed by atoms with Gasteiger partial charge < -0.3 is 4.90 Å². The predicted octanol–water partition coefficient (Wildman–Crippen LogP) is 10.8. The Kier molecular flexibility index (Phi) is 3.79. The van der Waals surface area contributed by atoms with Gasteiger partial charge in [-0.2, -0.15) is 0 Å². The fourth-order valence-electron chi connectivity index (χ4n) is 5.62. The summed E-state index contributed by atoms with van der Waals surface area (Å²) in [6, 6.07) is 25.5. The van der Waals surface area contributed by atoms with Gasteiger partial charge in [0, 0.05) is 22.5 Å². The zero-order valence-electron chi connectivity index (χ0n) is 32.1. The van der Waals surface area contributed by atoms with Crippen molar-refractivity contribution >= 4 is 17.1 Å². The minimum Gasteiger partial charge on any atom is -0.310 e. The maximum Gasteiger partial charge on any atom is 0.0629 e.